The molecule has 0 aromatic rings. The predicted octanol–water partition coefficient (Wildman–Crippen LogP) is 2.32. The number of nitrogens with one attached hydrogen (secondary N) is 2. The van der Waals surface area contributed by atoms with Gasteiger partial charge in [0.15, 0.2) is 5.96 Å². The maximum Gasteiger partial charge on any atom is 0.191 e. The molecule has 1 atom stereocenters. The molecule has 0 amide bonds. The van der Waals surface area contributed by atoms with Crippen LogP contribution < -0.4 is 10.6 Å². The normalized spacial score (nSPS) is 16.8. The highest BCUT2D eigenvalue weighted by atomic mass is 127. The van der Waals surface area contributed by atoms with Crippen molar-refractivity contribution < 1.29 is 4.74 Å². The molecule has 22 heavy (non-hydrogen) atoms. The highest BCUT2D eigenvalue weighted by molar-refractivity contribution is 14.0. The molecule has 0 aromatic heterocycles. The van der Waals surface area contributed by atoms with Crippen molar-refractivity contribution in [3.63, 3.8) is 0 Å². The zero-order chi connectivity index (χ0) is 15.5. The second-order valence-electron chi connectivity index (χ2n) is 5.54. The highest BCUT2D eigenvalue weighted by Crippen LogP contribution is 2.20. The van der Waals surface area contributed by atoms with E-state index in [2.05, 4.69) is 43.2 Å². The molecule has 1 unspecified atom stereocenters. The van der Waals surface area contributed by atoms with E-state index >= 15 is 0 Å². The Morgan fingerprint density at radius 3 is 2.05 bits per heavy atom. The number of rotatable bonds is 8. The van der Waals surface area contributed by atoms with Gasteiger partial charge in [0, 0.05) is 32.2 Å². The predicted molar refractivity (Wildman–Crippen MR) is 105 cm³/mol. The van der Waals surface area contributed by atoms with Gasteiger partial charge >= 0.3 is 0 Å². The molecule has 1 heterocycles. The molecule has 132 valence electrons. The third kappa shape index (κ3) is 7.46. The monoisotopic (exact) mass is 426 g/mol. The van der Waals surface area contributed by atoms with Crippen molar-refractivity contribution in [3.8, 4) is 0 Å². The lowest BCUT2D eigenvalue weighted by molar-refractivity contribution is 0.00395. The first-order chi connectivity index (χ1) is 10.3. The number of hydrogen-bond donors (Lipinski definition) is 2. The van der Waals surface area contributed by atoms with Gasteiger partial charge in [0.05, 0.1) is 19.8 Å². The fourth-order valence-corrected chi connectivity index (χ4v) is 3.00. The first-order valence-electron chi connectivity index (χ1n) is 8.60. The standard InChI is InChI=1S/C16H34N4O.HI/c1-5-14(6-2)15(20-9-11-21-12-10-20)13-19-16(17-7-3)18-8-4;/h14-15H,5-13H2,1-4H3,(H2,17,18,19);1H. The summed E-state index contributed by atoms with van der Waals surface area (Å²) >= 11 is 0. The summed E-state index contributed by atoms with van der Waals surface area (Å²) in [6, 6.07) is 0.524. The maximum absolute atomic E-state index is 5.50. The Labute approximate surface area is 153 Å². The summed E-state index contributed by atoms with van der Waals surface area (Å²) < 4.78 is 5.50. The van der Waals surface area contributed by atoms with Gasteiger partial charge in [0.1, 0.15) is 0 Å². The molecular formula is C16H35IN4O. The molecule has 0 radical (unpaired) electrons. The summed E-state index contributed by atoms with van der Waals surface area (Å²) in [6.07, 6.45) is 2.43. The van der Waals surface area contributed by atoms with Crippen molar-refractivity contribution in [2.45, 2.75) is 46.6 Å². The van der Waals surface area contributed by atoms with Gasteiger partial charge < -0.3 is 15.4 Å². The van der Waals surface area contributed by atoms with Gasteiger partial charge in [-0.3, -0.25) is 9.89 Å². The molecular weight excluding hydrogens is 391 g/mol. The van der Waals surface area contributed by atoms with Crippen molar-refractivity contribution >= 4 is 29.9 Å². The zero-order valence-corrected chi connectivity index (χ0v) is 17.1. The summed E-state index contributed by atoms with van der Waals surface area (Å²) in [5.41, 5.74) is 0. The minimum Gasteiger partial charge on any atom is -0.379 e. The Morgan fingerprint density at radius 1 is 1.05 bits per heavy atom. The van der Waals surface area contributed by atoms with E-state index in [4.69, 9.17) is 9.73 Å². The fraction of sp³-hybridized carbons (Fsp3) is 0.938. The van der Waals surface area contributed by atoms with Gasteiger partial charge in [0.25, 0.3) is 0 Å². The largest absolute Gasteiger partial charge is 0.379 e. The number of guanidine groups is 1. The van der Waals surface area contributed by atoms with Crippen molar-refractivity contribution in [1.29, 1.82) is 0 Å². The minimum atomic E-state index is 0. The highest BCUT2D eigenvalue weighted by Gasteiger charge is 2.26. The van der Waals surface area contributed by atoms with Gasteiger partial charge in [-0.2, -0.15) is 0 Å². The topological polar surface area (TPSA) is 48.9 Å². The van der Waals surface area contributed by atoms with Crippen LogP contribution in [0.4, 0.5) is 0 Å². The molecule has 0 saturated carbocycles. The number of hydrogen-bond acceptors (Lipinski definition) is 3. The number of ether oxygens (including phenoxy) is 1. The first-order valence-corrected chi connectivity index (χ1v) is 8.60. The van der Waals surface area contributed by atoms with E-state index in [1.807, 2.05) is 0 Å². The quantitative estimate of drug-likeness (QED) is 0.355. The number of morpholine rings is 1. The van der Waals surface area contributed by atoms with Crippen molar-refractivity contribution in [1.82, 2.24) is 15.5 Å². The van der Waals surface area contributed by atoms with Gasteiger partial charge in [0.2, 0.25) is 0 Å². The molecule has 5 nitrogen and oxygen atoms in total. The molecule has 1 aliphatic rings. The molecule has 0 spiro atoms. The van der Waals surface area contributed by atoms with Crippen LogP contribution in [0.2, 0.25) is 0 Å². The Kier molecular flexibility index (Phi) is 13.3. The van der Waals surface area contributed by atoms with Gasteiger partial charge in [-0.05, 0) is 19.8 Å². The minimum absolute atomic E-state index is 0. The van der Waals surface area contributed by atoms with E-state index in [1.54, 1.807) is 0 Å². The summed E-state index contributed by atoms with van der Waals surface area (Å²) in [5.74, 6) is 1.64. The van der Waals surface area contributed by atoms with Crippen molar-refractivity contribution in [3.05, 3.63) is 0 Å². The Balaban J connectivity index is 0.00000441. The average molecular weight is 426 g/mol. The zero-order valence-electron chi connectivity index (χ0n) is 14.7. The lowest BCUT2D eigenvalue weighted by atomic mass is 9.92. The second kappa shape index (κ2) is 13.4. The molecule has 1 aliphatic heterocycles. The molecule has 6 heteroatoms. The summed E-state index contributed by atoms with van der Waals surface area (Å²) in [7, 11) is 0. The van der Waals surface area contributed by atoms with E-state index in [0.717, 1.165) is 51.9 Å². The lowest BCUT2D eigenvalue weighted by Gasteiger charge is -2.38. The van der Waals surface area contributed by atoms with Crippen LogP contribution in [0, 0.1) is 5.92 Å². The number of nitrogens with zero attached hydrogens (tertiary/aromatic N) is 2. The third-order valence-corrected chi connectivity index (χ3v) is 4.23. The average Bonchev–Trinajstić information content (AvgIpc) is 2.52. The van der Waals surface area contributed by atoms with Crippen molar-refractivity contribution in [2.24, 2.45) is 10.9 Å². The second-order valence-corrected chi connectivity index (χ2v) is 5.54. The Morgan fingerprint density at radius 2 is 1.59 bits per heavy atom. The number of aliphatic imine (C=N–C) groups is 1. The maximum atomic E-state index is 5.50. The van der Waals surface area contributed by atoms with Crippen LogP contribution in [0.25, 0.3) is 0 Å². The van der Waals surface area contributed by atoms with Crippen LogP contribution in [0.5, 0.6) is 0 Å². The molecule has 0 bridgehead atoms. The molecule has 2 N–H and O–H groups in total. The summed E-state index contributed by atoms with van der Waals surface area (Å²) in [6.45, 7) is 15.2. The van der Waals surface area contributed by atoms with Crippen LogP contribution in [0.1, 0.15) is 40.5 Å². The smallest absolute Gasteiger partial charge is 0.191 e. The molecule has 1 rings (SSSR count). The van der Waals surface area contributed by atoms with E-state index in [0.29, 0.717) is 12.0 Å². The summed E-state index contributed by atoms with van der Waals surface area (Å²) in [4.78, 5) is 7.38. The third-order valence-electron chi connectivity index (χ3n) is 4.23. The first kappa shape index (κ1) is 21.9. The summed E-state index contributed by atoms with van der Waals surface area (Å²) in [5, 5.41) is 6.62. The molecule has 0 aromatic carbocycles. The fourth-order valence-electron chi connectivity index (χ4n) is 3.00. The van der Waals surface area contributed by atoms with Gasteiger partial charge in [-0.15, -0.1) is 24.0 Å². The van der Waals surface area contributed by atoms with Crippen LogP contribution in [-0.2, 0) is 4.74 Å². The number of halogens is 1. The van der Waals surface area contributed by atoms with E-state index in [9.17, 15) is 0 Å². The van der Waals surface area contributed by atoms with Gasteiger partial charge in [-0.1, -0.05) is 26.7 Å². The Hall–Kier alpha value is -0.0800. The van der Waals surface area contributed by atoms with Crippen molar-refractivity contribution in [2.75, 3.05) is 45.9 Å². The van der Waals surface area contributed by atoms with Gasteiger partial charge in [-0.25, -0.2) is 0 Å². The van der Waals surface area contributed by atoms with Crippen LogP contribution in [0.15, 0.2) is 4.99 Å². The van der Waals surface area contributed by atoms with Crippen LogP contribution >= 0.6 is 24.0 Å². The van der Waals surface area contributed by atoms with E-state index in [1.165, 1.54) is 12.8 Å². The molecule has 0 aliphatic carbocycles. The van der Waals surface area contributed by atoms with E-state index < -0.39 is 0 Å². The SMILES string of the molecule is CCNC(=NCC(C(CC)CC)N1CCOCC1)NCC.I. The van der Waals surface area contributed by atoms with Crippen LogP contribution in [-0.4, -0.2) is 62.8 Å². The lowest BCUT2D eigenvalue weighted by Crippen LogP contribution is -2.49. The molecule has 1 fully saturated rings. The van der Waals surface area contributed by atoms with E-state index in [-0.39, 0.29) is 24.0 Å². The Bertz CT molecular complexity index is 284. The molecule has 1 saturated heterocycles. The van der Waals surface area contributed by atoms with Crippen LogP contribution in [0.3, 0.4) is 0 Å².